The van der Waals surface area contributed by atoms with Gasteiger partial charge in [0.15, 0.2) is 0 Å². The first-order valence-corrected chi connectivity index (χ1v) is 12.4. The number of hydrogen-bond acceptors (Lipinski definition) is 3. The molecule has 1 rings (SSSR count). The second-order valence-corrected chi connectivity index (χ2v) is 8.64. The lowest BCUT2D eigenvalue weighted by atomic mass is 10.0. The second-order valence-electron chi connectivity index (χ2n) is 8.64. The third-order valence-electron chi connectivity index (χ3n) is 5.79. The molecule has 1 aromatic rings. The van der Waals surface area contributed by atoms with E-state index in [-0.39, 0.29) is 11.1 Å². The second kappa shape index (κ2) is 17.6. The standard InChI is InChI=1S/C26H43NO4/c1-2-3-4-5-6-7-8-9-10-11-12-13-14-15-16-17-18-27-24-20-22(25(28)29)19-23(21-24)26(30)31/h19-21,27H,2-18H2,1H3,(H,28,29)(H,30,31). The van der Waals surface area contributed by atoms with Crippen LogP contribution in [0.15, 0.2) is 18.2 Å². The predicted molar refractivity (Wildman–Crippen MR) is 128 cm³/mol. The maximum atomic E-state index is 11.1. The SMILES string of the molecule is CCCCCCCCCCCCCCCCCCNc1cc(C(=O)O)cc(C(=O)O)c1. The predicted octanol–water partition coefficient (Wildman–Crippen LogP) is 7.76. The number of carbonyl (C=O) groups is 2. The number of carboxylic acid groups (broad SMARTS) is 2. The van der Waals surface area contributed by atoms with Crippen molar-refractivity contribution in [3.63, 3.8) is 0 Å². The minimum atomic E-state index is -1.12. The Labute approximate surface area is 188 Å². The van der Waals surface area contributed by atoms with Gasteiger partial charge in [-0.15, -0.1) is 0 Å². The summed E-state index contributed by atoms with van der Waals surface area (Å²) in [5.74, 6) is -2.23. The van der Waals surface area contributed by atoms with Crippen molar-refractivity contribution in [1.29, 1.82) is 0 Å². The van der Waals surface area contributed by atoms with Crippen molar-refractivity contribution < 1.29 is 19.8 Å². The molecule has 0 saturated heterocycles. The van der Waals surface area contributed by atoms with E-state index in [2.05, 4.69) is 12.2 Å². The van der Waals surface area contributed by atoms with E-state index in [0.717, 1.165) is 19.4 Å². The summed E-state index contributed by atoms with van der Waals surface area (Å²) >= 11 is 0. The van der Waals surface area contributed by atoms with Crippen LogP contribution in [0.3, 0.4) is 0 Å². The van der Waals surface area contributed by atoms with Crippen LogP contribution in [0.25, 0.3) is 0 Å². The minimum Gasteiger partial charge on any atom is -0.478 e. The average molecular weight is 434 g/mol. The molecule has 0 aliphatic rings. The summed E-state index contributed by atoms with van der Waals surface area (Å²) in [6.45, 7) is 2.99. The molecule has 5 heteroatoms. The molecule has 0 saturated carbocycles. The first-order valence-electron chi connectivity index (χ1n) is 12.4. The van der Waals surface area contributed by atoms with E-state index < -0.39 is 11.9 Å². The molecule has 5 nitrogen and oxygen atoms in total. The average Bonchev–Trinajstić information content (AvgIpc) is 2.75. The molecule has 1 aromatic carbocycles. The van der Waals surface area contributed by atoms with Crippen LogP contribution >= 0.6 is 0 Å². The molecule has 0 aliphatic carbocycles. The number of carboxylic acids is 2. The molecule has 0 radical (unpaired) electrons. The van der Waals surface area contributed by atoms with Gasteiger partial charge in [0, 0.05) is 12.2 Å². The van der Waals surface area contributed by atoms with Crippen LogP contribution in [0, 0.1) is 0 Å². The van der Waals surface area contributed by atoms with Gasteiger partial charge in [-0.2, -0.15) is 0 Å². The number of hydrogen-bond donors (Lipinski definition) is 3. The first-order chi connectivity index (χ1) is 15.0. The van der Waals surface area contributed by atoms with Gasteiger partial charge in [-0.1, -0.05) is 103 Å². The smallest absolute Gasteiger partial charge is 0.335 e. The zero-order valence-electron chi connectivity index (χ0n) is 19.5. The molecule has 31 heavy (non-hydrogen) atoms. The molecule has 0 heterocycles. The maximum absolute atomic E-state index is 11.1. The third kappa shape index (κ3) is 13.8. The number of anilines is 1. The fourth-order valence-corrected chi connectivity index (χ4v) is 3.88. The molecule has 176 valence electrons. The fourth-order valence-electron chi connectivity index (χ4n) is 3.88. The number of nitrogens with one attached hydrogen (secondary N) is 1. The zero-order chi connectivity index (χ0) is 22.7. The van der Waals surface area contributed by atoms with Crippen LogP contribution < -0.4 is 5.32 Å². The summed E-state index contributed by atoms with van der Waals surface area (Å²) in [6.07, 6.45) is 21.2. The van der Waals surface area contributed by atoms with Gasteiger partial charge in [0.25, 0.3) is 0 Å². The van der Waals surface area contributed by atoms with E-state index in [1.54, 1.807) is 0 Å². The lowest BCUT2D eigenvalue weighted by Crippen LogP contribution is -2.07. The maximum Gasteiger partial charge on any atom is 0.335 e. The van der Waals surface area contributed by atoms with Gasteiger partial charge in [0.05, 0.1) is 11.1 Å². The fraction of sp³-hybridized carbons (Fsp3) is 0.692. The molecule has 0 atom stereocenters. The Balaban J connectivity index is 1.97. The summed E-state index contributed by atoms with van der Waals surface area (Å²) in [4.78, 5) is 22.3. The lowest BCUT2D eigenvalue weighted by Gasteiger charge is -2.09. The largest absolute Gasteiger partial charge is 0.478 e. The molecule has 0 aliphatic heterocycles. The van der Waals surface area contributed by atoms with Crippen molar-refractivity contribution in [1.82, 2.24) is 0 Å². The first kappa shape index (κ1) is 27.0. The van der Waals surface area contributed by atoms with Crippen molar-refractivity contribution in [3.8, 4) is 0 Å². The highest BCUT2D eigenvalue weighted by Gasteiger charge is 2.11. The minimum absolute atomic E-state index is 0.00521. The Morgan fingerprint density at radius 2 is 0.968 bits per heavy atom. The molecule has 0 spiro atoms. The van der Waals surface area contributed by atoms with Gasteiger partial charge >= 0.3 is 11.9 Å². The Hall–Kier alpha value is -2.04. The lowest BCUT2D eigenvalue weighted by molar-refractivity contribution is 0.0696. The van der Waals surface area contributed by atoms with Gasteiger partial charge in [-0.25, -0.2) is 9.59 Å². The summed E-state index contributed by atoms with van der Waals surface area (Å²) < 4.78 is 0. The van der Waals surface area contributed by atoms with Crippen LogP contribution in [0.1, 0.15) is 130 Å². The Morgan fingerprint density at radius 1 is 0.613 bits per heavy atom. The van der Waals surface area contributed by atoms with Crippen LogP contribution in [0.5, 0.6) is 0 Å². The highest BCUT2D eigenvalue weighted by molar-refractivity contribution is 5.95. The Morgan fingerprint density at radius 3 is 1.32 bits per heavy atom. The van der Waals surface area contributed by atoms with Crippen molar-refractivity contribution in [2.45, 2.75) is 110 Å². The number of rotatable bonds is 20. The summed E-state index contributed by atoms with van der Waals surface area (Å²) in [6, 6.07) is 4.16. The molecule has 0 amide bonds. The quantitative estimate of drug-likeness (QED) is 0.183. The molecule has 0 fully saturated rings. The molecule has 3 N–H and O–H groups in total. The number of aromatic carboxylic acids is 2. The molecule has 0 bridgehead atoms. The van der Waals surface area contributed by atoms with Crippen molar-refractivity contribution >= 4 is 17.6 Å². The van der Waals surface area contributed by atoms with Crippen LogP contribution in [0.4, 0.5) is 5.69 Å². The Kier molecular flexibility index (Phi) is 15.3. The summed E-state index contributed by atoms with van der Waals surface area (Å²) in [7, 11) is 0. The molecular weight excluding hydrogens is 390 g/mol. The monoisotopic (exact) mass is 433 g/mol. The third-order valence-corrected chi connectivity index (χ3v) is 5.79. The molecular formula is C26H43NO4. The number of benzene rings is 1. The van der Waals surface area contributed by atoms with Crippen molar-refractivity contribution in [3.05, 3.63) is 29.3 Å². The molecule has 0 aromatic heterocycles. The van der Waals surface area contributed by atoms with E-state index in [4.69, 9.17) is 10.2 Å². The van der Waals surface area contributed by atoms with Gasteiger partial charge < -0.3 is 15.5 Å². The highest BCUT2D eigenvalue weighted by atomic mass is 16.4. The zero-order valence-corrected chi connectivity index (χ0v) is 19.5. The van der Waals surface area contributed by atoms with Gasteiger partial charge in [-0.05, 0) is 24.6 Å². The summed E-state index contributed by atoms with van der Waals surface area (Å²) in [5, 5.41) is 21.4. The van der Waals surface area contributed by atoms with Crippen molar-refractivity contribution in [2.24, 2.45) is 0 Å². The van der Waals surface area contributed by atoms with Crippen LogP contribution in [-0.4, -0.2) is 28.7 Å². The van der Waals surface area contributed by atoms with Crippen LogP contribution in [-0.2, 0) is 0 Å². The topological polar surface area (TPSA) is 86.6 Å². The van der Waals surface area contributed by atoms with E-state index in [1.807, 2.05) is 0 Å². The highest BCUT2D eigenvalue weighted by Crippen LogP contribution is 2.17. The normalized spacial score (nSPS) is 10.9. The van der Waals surface area contributed by atoms with Crippen molar-refractivity contribution in [2.75, 3.05) is 11.9 Å². The van der Waals surface area contributed by atoms with Gasteiger partial charge in [0.2, 0.25) is 0 Å². The van der Waals surface area contributed by atoms with E-state index in [1.165, 1.54) is 108 Å². The van der Waals surface area contributed by atoms with Gasteiger partial charge in [0.1, 0.15) is 0 Å². The van der Waals surface area contributed by atoms with E-state index >= 15 is 0 Å². The van der Waals surface area contributed by atoms with E-state index in [0.29, 0.717) is 5.69 Å². The van der Waals surface area contributed by atoms with E-state index in [9.17, 15) is 9.59 Å². The van der Waals surface area contributed by atoms with Gasteiger partial charge in [-0.3, -0.25) is 0 Å². The molecule has 0 unspecified atom stereocenters. The van der Waals surface area contributed by atoms with Crippen LogP contribution in [0.2, 0.25) is 0 Å². The Bertz CT molecular complexity index is 598. The number of unbranched alkanes of at least 4 members (excludes halogenated alkanes) is 15. The summed E-state index contributed by atoms with van der Waals surface area (Å²) in [5.41, 5.74) is 0.544.